The molecule has 42 valence electrons. The van der Waals surface area contributed by atoms with Crippen molar-refractivity contribution in [3.8, 4) is 0 Å². The van der Waals surface area contributed by atoms with Crippen LogP contribution in [-0.4, -0.2) is 15.2 Å². The average Bonchev–Trinajstić information content (AvgIpc) is 2.14. The topological polar surface area (TPSA) is 71.0 Å². The van der Waals surface area contributed by atoms with E-state index in [0.717, 1.165) is 0 Å². The number of aromatic amines is 1. The molecule has 0 spiro atoms. The largest absolute Gasteiger partial charge is 0.310 e. The summed E-state index contributed by atoms with van der Waals surface area (Å²) in [5.41, 5.74) is 0. The van der Waals surface area contributed by atoms with Crippen LogP contribution >= 0.6 is 15.9 Å². The van der Waals surface area contributed by atoms with Gasteiger partial charge >= 0.3 is 5.95 Å². The molecule has 0 unspecified atom stereocenters. The third-order valence-electron chi connectivity index (χ3n) is 0.528. The van der Waals surface area contributed by atoms with Gasteiger partial charge in [-0.1, -0.05) is 0 Å². The second-order valence-corrected chi connectivity index (χ2v) is 1.77. The van der Waals surface area contributed by atoms with E-state index in [1.165, 1.54) is 0 Å². The normalized spacial score (nSPS) is 9.12. The number of rotatable bonds is 1. The van der Waals surface area contributed by atoms with Crippen molar-refractivity contribution in [3.63, 3.8) is 0 Å². The molecule has 5 nitrogen and oxygen atoms in total. The van der Waals surface area contributed by atoms with Crippen LogP contribution in [0.5, 0.6) is 0 Å². The van der Waals surface area contributed by atoms with Gasteiger partial charge in [0.15, 0.2) is 4.73 Å². The van der Waals surface area contributed by atoms with Gasteiger partial charge in [0, 0.05) is 5.18 Å². The lowest BCUT2D eigenvalue weighted by atomic mass is 11.1. The molecule has 1 rings (SSSR count). The highest BCUT2D eigenvalue weighted by Gasteiger charge is 1.95. The number of hydrogen-bond donors (Lipinski definition) is 1. The Morgan fingerprint density at radius 3 is 2.75 bits per heavy atom. The molecule has 0 atom stereocenters. The zero-order valence-corrected chi connectivity index (χ0v) is 5.21. The van der Waals surface area contributed by atoms with Crippen LogP contribution in [0.15, 0.2) is 9.91 Å². The first kappa shape index (κ1) is 5.36. The Balaban J connectivity index is 3.00. The van der Waals surface area contributed by atoms with Gasteiger partial charge in [0.1, 0.15) is 0 Å². The van der Waals surface area contributed by atoms with E-state index < -0.39 is 0 Å². The predicted molar refractivity (Wildman–Crippen MR) is 29.5 cm³/mol. The third-order valence-corrected chi connectivity index (χ3v) is 0.883. The van der Waals surface area contributed by atoms with E-state index in [1.54, 1.807) is 0 Å². The maximum Gasteiger partial charge on any atom is 0.310 e. The van der Waals surface area contributed by atoms with Crippen LogP contribution in [-0.2, 0) is 0 Å². The number of nitrogens with zero attached hydrogens (tertiary/aromatic N) is 3. The lowest BCUT2D eigenvalue weighted by molar-refractivity contribution is 1.06. The second-order valence-electron chi connectivity index (χ2n) is 1.02. The Morgan fingerprint density at radius 1 is 1.75 bits per heavy atom. The highest BCUT2D eigenvalue weighted by molar-refractivity contribution is 9.10. The van der Waals surface area contributed by atoms with Crippen molar-refractivity contribution in [2.75, 3.05) is 0 Å². The van der Waals surface area contributed by atoms with Crippen LogP contribution in [0.3, 0.4) is 0 Å². The number of nitrogens with one attached hydrogen (secondary N) is 1. The Hall–Kier alpha value is -0.780. The molecule has 0 radical (unpaired) electrons. The van der Waals surface area contributed by atoms with E-state index in [1.807, 2.05) is 0 Å². The summed E-state index contributed by atoms with van der Waals surface area (Å²) in [6.45, 7) is 0. The Morgan fingerprint density at radius 2 is 2.50 bits per heavy atom. The summed E-state index contributed by atoms with van der Waals surface area (Å²) >= 11 is 2.94. The zero-order chi connectivity index (χ0) is 5.98. The molecule has 1 aromatic heterocycles. The van der Waals surface area contributed by atoms with Gasteiger partial charge in [-0.3, -0.25) is 5.10 Å². The zero-order valence-electron chi connectivity index (χ0n) is 3.63. The summed E-state index contributed by atoms with van der Waals surface area (Å²) in [5, 5.41) is 8.21. The molecule has 1 aromatic rings. The van der Waals surface area contributed by atoms with Crippen LogP contribution in [0.4, 0.5) is 5.95 Å². The summed E-state index contributed by atoms with van der Waals surface area (Å²) in [6, 6.07) is 0. The molecule has 0 fully saturated rings. The van der Waals surface area contributed by atoms with Gasteiger partial charge < -0.3 is 0 Å². The predicted octanol–water partition coefficient (Wildman–Crippen LogP) is 0.965. The molecule has 8 heavy (non-hydrogen) atoms. The second kappa shape index (κ2) is 1.99. The van der Waals surface area contributed by atoms with Crippen LogP contribution in [0.1, 0.15) is 0 Å². The number of nitroso groups, excluding NO2 is 1. The quantitative estimate of drug-likeness (QED) is 0.649. The van der Waals surface area contributed by atoms with E-state index in [2.05, 4.69) is 36.3 Å². The van der Waals surface area contributed by atoms with Crippen molar-refractivity contribution in [2.45, 2.75) is 0 Å². The van der Waals surface area contributed by atoms with E-state index in [4.69, 9.17) is 0 Å². The van der Waals surface area contributed by atoms with Crippen molar-refractivity contribution in [2.24, 2.45) is 5.18 Å². The van der Waals surface area contributed by atoms with Crippen LogP contribution < -0.4 is 0 Å². The summed E-state index contributed by atoms with van der Waals surface area (Å²) < 4.78 is 0.409. The molecule has 0 aliphatic heterocycles. The maximum atomic E-state index is 9.60. The molecule has 1 N–H and O–H groups in total. The first-order valence-corrected chi connectivity index (χ1v) is 2.53. The molecule has 0 amide bonds. The maximum absolute atomic E-state index is 9.60. The SMILES string of the molecule is O=Nc1n[nH]c(Br)n1. The molecule has 0 aliphatic rings. The molecule has 0 saturated carbocycles. The van der Waals surface area contributed by atoms with Crippen molar-refractivity contribution < 1.29 is 0 Å². The smallest absolute Gasteiger partial charge is 0.252 e. The highest BCUT2D eigenvalue weighted by atomic mass is 79.9. The van der Waals surface area contributed by atoms with Crippen molar-refractivity contribution >= 4 is 21.9 Å². The van der Waals surface area contributed by atoms with Gasteiger partial charge in [0.2, 0.25) is 0 Å². The Bertz CT molecular complexity index is 196. The number of H-pyrrole nitrogens is 1. The van der Waals surface area contributed by atoms with Gasteiger partial charge in [-0.25, -0.2) is 0 Å². The Labute approximate surface area is 52.6 Å². The lowest BCUT2D eigenvalue weighted by Crippen LogP contribution is -1.61. The number of halogens is 1. The molecule has 0 aliphatic carbocycles. The fourth-order valence-electron chi connectivity index (χ4n) is 0.275. The molecule has 0 aromatic carbocycles. The third kappa shape index (κ3) is 0.890. The summed E-state index contributed by atoms with van der Waals surface area (Å²) in [6.07, 6.45) is 0. The molecule has 6 heteroatoms. The first-order valence-electron chi connectivity index (χ1n) is 1.74. The van der Waals surface area contributed by atoms with Crippen molar-refractivity contribution in [1.29, 1.82) is 0 Å². The van der Waals surface area contributed by atoms with Gasteiger partial charge in [-0.2, -0.15) is 4.98 Å². The van der Waals surface area contributed by atoms with Crippen LogP contribution in [0, 0.1) is 4.91 Å². The molecular formula is C2HBrN4O. The molecule has 0 saturated heterocycles. The standard InChI is InChI=1S/C2HBrN4O/c3-1-4-2(7-8)6-5-1/h(H,4,5,6). The summed E-state index contributed by atoms with van der Waals surface area (Å²) in [5.74, 6) is -0.0862. The molecule has 1 heterocycles. The number of hydrogen-bond acceptors (Lipinski definition) is 4. The molecule has 0 bridgehead atoms. The monoisotopic (exact) mass is 176 g/mol. The lowest BCUT2D eigenvalue weighted by Gasteiger charge is -1.64. The Kier molecular flexibility index (Phi) is 1.34. The summed E-state index contributed by atoms with van der Waals surface area (Å²) in [7, 11) is 0. The highest BCUT2D eigenvalue weighted by Crippen LogP contribution is 2.05. The van der Waals surface area contributed by atoms with Gasteiger partial charge in [0.25, 0.3) is 0 Å². The van der Waals surface area contributed by atoms with E-state index in [-0.39, 0.29) is 5.95 Å². The van der Waals surface area contributed by atoms with Gasteiger partial charge in [-0.15, -0.1) is 10.0 Å². The minimum atomic E-state index is -0.0862. The minimum absolute atomic E-state index is 0.0862. The van der Waals surface area contributed by atoms with Gasteiger partial charge in [0.05, 0.1) is 0 Å². The van der Waals surface area contributed by atoms with Gasteiger partial charge in [-0.05, 0) is 15.9 Å². The van der Waals surface area contributed by atoms with E-state index >= 15 is 0 Å². The van der Waals surface area contributed by atoms with E-state index in [0.29, 0.717) is 4.73 Å². The molecular weight excluding hydrogens is 176 g/mol. The van der Waals surface area contributed by atoms with Crippen LogP contribution in [0.2, 0.25) is 0 Å². The number of aromatic nitrogens is 3. The fourth-order valence-corrected chi connectivity index (χ4v) is 0.522. The average molecular weight is 177 g/mol. The van der Waals surface area contributed by atoms with E-state index in [9.17, 15) is 4.91 Å². The summed E-state index contributed by atoms with van der Waals surface area (Å²) in [4.78, 5) is 13.1. The first-order chi connectivity index (χ1) is 3.83. The fraction of sp³-hybridized carbons (Fsp3) is 0. The van der Waals surface area contributed by atoms with Crippen molar-refractivity contribution in [3.05, 3.63) is 9.64 Å². The minimum Gasteiger partial charge on any atom is -0.252 e. The van der Waals surface area contributed by atoms with Crippen LogP contribution in [0.25, 0.3) is 0 Å². The van der Waals surface area contributed by atoms with Crippen molar-refractivity contribution in [1.82, 2.24) is 15.2 Å².